The molecule has 3 nitrogen and oxygen atoms in total. The van der Waals surface area contributed by atoms with Gasteiger partial charge >= 0.3 is 0 Å². The number of hydrogen-bond donors (Lipinski definition) is 1. The third-order valence-electron chi connectivity index (χ3n) is 4.11. The van der Waals surface area contributed by atoms with Crippen LogP contribution in [0.1, 0.15) is 75.6 Å². The van der Waals surface area contributed by atoms with Crippen LogP contribution < -0.4 is 0 Å². The van der Waals surface area contributed by atoms with Crippen LogP contribution >= 0.6 is 12.2 Å². The highest BCUT2D eigenvalue weighted by Gasteiger charge is 2.31. The van der Waals surface area contributed by atoms with E-state index in [1.165, 1.54) is 63.6 Å². The average molecular weight is 251 g/mol. The lowest BCUT2D eigenvalue weighted by Gasteiger charge is -2.22. The molecule has 0 unspecified atom stereocenters. The molecule has 1 aromatic rings. The van der Waals surface area contributed by atoms with Crippen molar-refractivity contribution in [3.8, 4) is 0 Å². The molecule has 0 aliphatic heterocycles. The first kappa shape index (κ1) is 11.5. The first-order valence-corrected chi connectivity index (χ1v) is 7.44. The van der Waals surface area contributed by atoms with Gasteiger partial charge < -0.3 is 4.57 Å². The molecule has 0 radical (unpaired) electrons. The Labute approximate surface area is 108 Å². The van der Waals surface area contributed by atoms with Crippen molar-refractivity contribution in [2.24, 2.45) is 0 Å². The minimum atomic E-state index is 0.608. The average Bonchev–Trinajstić information content (AvgIpc) is 3.04. The van der Waals surface area contributed by atoms with Crippen molar-refractivity contribution in [3.05, 3.63) is 10.6 Å². The smallest absolute Gasteiger partial charge is 0.195 e. The van der Waals surface area contributed by atoms with Crippen LogP contribution in [-0.4, -0.2) is 14.8 Å². The highest BCUT2D eigenvalue weighted by atomic mass is 32.1. The van der Waals surface area contributed by atoms with Gasteiger partial charge in [0.25, 0.3) is 0 Å². The van der Waals surface area contributed by atoms with Crippen LogP contribution in [0.25, 0.3) is 0 Å². The minimum absolute atomic E-state index is 0.608. The summed E-state index contributed by atoms with van der Waals surface area (Å²) in [6.45, 7) is 0. The van der Waals surface area contributed by atoms with Crippen LogP contribution in [0.15, 0.2) is 0 Å². The molecule has 1 aromatic heterocycles. The van der Waals surface area contributed by atoms with Gasteiger partial charge in [-0.3, -0.25) is 5.10 Å². The maximum absolute atomic E-state index is 5.42. The SMILES string of the molecule is S=c1[nH]nc(C2CC2)n1C1CCCCCCC1. The molecule has 94 valence electrons. The molecule has 0 atom stereocenters. The van der Waals surface area contributed by atoms with Crippen LogP contribution in [0, 0.1) is 4.77 Å². The summed E-state index contributed by atoms with van der Waals surface area (Å²) < 4.78 is 3.19. The zero-order valence-electron chi connectivity index (χ0n) is 10.3. The van der Waals surface area contributed by atoms with Gasteiger partial charge in [-0.1, -0.05) is 32.1 Å². The van der Waals surface area contributed by atoms with Crippen molar-refractivity contribution in [1.29, 1.82) is 0 Å². The van der Waals surface area contributed by atoms with E-state index in [9.17, 15) is 0 Å². The van der Waals surface area contributed by atoms with Crippen molar-refractivity contribution < 1.29 is 0 Å². The lowest BCUT2D eigenvalue weighted by Crippen LogP contribution is -2.14. The Morgan fingerprint density at radius 3 is 2.29 bits per heavy atom. The predicted molar refractivity (Wildman–Crippen MR) is 70.7 cm³/mol. The fourth-order valence-electron chi connectivity index (χ4n) is 2.99. The van der Waals surface area contributed by atoms with Gasteiger partial charge in [0.15, 0.2) is 4.77 Å². The Balaban J connectivity index is 1.85. The predicted octanol–water partition coefficient (Wildman–Crippen LogP) is 4.10. The van der Waals surface area contributed by atoms with Gasteiger partial charge in [-0.15, -0.1) is 0 Å². The highest BCUT2D eigenvalue weighted by molar-refractivity contribution is 7.71. The Bertz CT molecular complexity index is 422. The number of rotatable bonds is 2. The molecular weight excluding hydrogens is 230 g/mol. The summed E-state index contributed by atoms with van der Waals surface area (Å²) in [7, 11) is 0. The lowest BCUT2D eigenvalue weighted by atomic mass is 9.96. The second-order valence-electron chi connectivity index (χ2n) is 5.53. The monoisotopic (exact) mass is 251 g/mol. The molecule has 2 fully saturated rings. The molecule has 2 saturated carbocycles. The van der Waals surface area contributed by atoms with Crippen LogP contribution in [-0.2, 0) is 0 Å². The van der Waals surface area contributed by atoms with E-state index in [1.54, 1.807) is 0 Å². The maximum Gasteiger partial charge on any atom is 0.195 e. The second-order valence-corrected chi connectivity index (χ2v) is 5.92. The molecule has 1 heterocycles. The summed E-state index contributed by atoms with van der Waals surface area (Å²) in [6, 6.07) is 0.608. The van der Waals surface area contributed by atoms with Crippen LogP contribution in [0.4, 0.5) is 0 Å². The molecule has 0 bridgehead atoms. The molecule has 2 aliphatic carbocycles. The molecule has 4 heteroatoms. The zero-order valence-corrected chi connectivity index (χ0v) is 11.1. The van der Waals surface area contributed by atoms with E-state index in [-0.39, 0.29) is 0 Å². The third-order valence-corrected chi connectivity index (χ3v) is 4.40. The number of aromatic nitrogens is 3. The van der Waals surface area contributed by atoms with Gasteiger partial charge in [-0.05, 0) is 37.9 Å². The lowest BCUT2D eigenvalue weighted by molar-refractivity contribution is 0.361. The van der Waals surface area contributed by atoms with Crippen LogP contribution in [0.5, 0.6) is 0 Å². The summed E-state index contributed by atoms with van der Waals surface area (Å²) in [5.74, 6) is 1.92. The molecule has 0 saturated heterocycles. The van der Waals surface area contributed by atoms with Crippen molar-refractivity contribution in [2.45, 2.75) is 69.7 Å². The number of aromatic amines is 1. The molecule has 17 heavy (non-hydrogen) atoms. The molecule has 3 rings (SSSR count). The largest absolute Gasteiger partial charge is 0.301 e. The van der Waals surface area contributed by atoms with Gasteiger partial charge in [0.05, 0.1) is 0 Å². The normalized spacial score (nSPS) is 23.3. The molecule has 1 N–H and O–H groups in total. The van der Waals surface area contributed by atoms with Crippen LogP contribution in [0.2, 0.25) is 0 Å². The van der Waals surface area contributed by atoms with Crippen molar-refractivity contribution in [1.82, 2.24) is 14.8 Å². The fraction of sp³-hybridized carbons (Fsp3) is 0.846. The van der Waals surface area contributed by atoms with Crippen molar-refractivity contribution in [2.75, 3.05) is 0 Å². The molecule has 0 amide bonds. The summed E-state index contributed by atoms with van der Waals surface area (Å²) in [4.78, 5) is 0. The van der Waals surface area contributed by atoms with E-state index in [4.69, 9.17) is 12.2 Å². The van der Waals surface area contributed by atoms with E-state index in [1.807, 2.05) is 0 Å². The van der Waals surface area contributed by atoms with Gasteiger partial charge in [0.1, 0.15) is 5.82 Å². The third kappa shape index (κ3) is 2.46. The number of nitrogens with one attached hydrogen (secondary N) is 1. The maximum atomic E-state index is 5.42. The summed E-state index contributed by atoms with van der Waals surface area (Å²) in [6.07, 6.45) is 12.1. The Kier molecular flexibility index (Phi) is 3.32. The number of hydrogen-bond acceptors (Lipinski definition) is 2. The Morgan fingerprint density at radius 1 is 1.00 bits per heavy atom. The standard InChI is InChI=1S/C13H21N3S/c17-13-15-14-12(10-8-9-10)16(13)11-6-4-2-1-3-5-7-11/h10-11H,1-9H2,(H,15,17). The van der Waals surface area contributed by atoms with Gasteiger partial charge in [0, 0.05) is 12.0 Å². The minimum Gasteiger partial charge on any atom is -0.301 e. The van der Waals surface area contributed by atoms with E-state index in [0.29, 0.717) is 12.0 Å². The molecule has 0 aromatic carbocycles. The van der Waals surface area contributed by atoms with E-state index in [2.05, 4.69) is 14.8 Å². The quantitative estimate of drug-likeness (QED) is 0.803. The van der Waals surface area contributed by atoms with Gasteiger partial charge in [-0.2, -0.15) is 5.10 Å². The number of H-pyrrole nitrogens is 1. The second kappa shape index (κ2) is 4.92. The van der Waals surface area contributed by atoms with Crippen molar-refractivity contribution in [3.63, 3.8) is 0 Å². The van der Waals surface area contributed by atoms with Crippen LogP contribution in [0.3, 0.4) is 0 Å². The topological polar surface area (TPSA) is 33.6 Å². The van der Waals surface area contributed by atoms with Gasteiger partial charge in [-0.25, -0.2) is 0 Å². The first-order chi connectivity index (χ1) is 8.36. The summed E-state index contributed by atoms with van der Waals surface area (Å²) >= 11 is 5.42. The molecule has 2 aliphatic rings. The highest BCUT2D eigenvalue weighted by Crippen LogP contribution is 2.41. The summed E-state index contributed by atoms with van der Waals surface area (Å²) in [5.41, 5.74) is 0. The number of nitrogens with zero attached hydrogens (tertiary/aromatic N) is 2. The fourth-order valence-corrected chi connectivity index (χ4v) is 3.28. The van der Waals surface area contributed by atoms with E-state index in [0.717, 1.165) is 4.77 Å². The van der Waals surface area contributed by atoms with Crippen molar-refractivity contribution >= 4 is 12.2 Å². The molecular formula is C13H21N3S. The first-order valence-electron chi connectivity index (χ1n) is 7.03. The Hall–Kier alpha value is -0.640. The van der Waals surface area contributed by atoms with E-state index < -0.39 is 0 Å². The molecule has 0 spiro atoms. The summed E-state index contributed by atoms with van der Waals surface area (Å²) in [5, 5.41) is 7.46. The zero-order chi connectivity index (χ0) is 11.7. The van der Waals surface area contributed by atoms with Gasteiger partial charge in [0.2, 0.25) is 0 Å². The van der Waals surface area contributed by atoms with E-state index >= 15 is 0 Å². The Morgan fingerprint density at radius 2 is 1.65 bits per heavy atom.